The Kier molecular flexibility index (Phi) is 3.19. The summed E-state index contributed by atoms with van der Waals surface area (Å²) in [5.74, 6) is 0.740. The van der Waals surface area contributed by atoms with Crippen molar-refractivity contribution < 1.29 is 8.83 Å². The molecule has 1 aliphatic carbocycles. The molecule has 0 aliphatic heterocycles. The van der Waals surface area contributed by atoms with Gasteiger partial charge < -0.3 is 8.83 Å². The van der Waals surface area contributed by atoms with Crippen LogP contribution in [0.25, 0.3) is 33.3 Å². The van der Waals surface area contributed by atoms with Crippen LogP contribution < -0.4 is 5.63 Å². The van der Waals surface area contributed by atoms with E-state index in [0.29, 0.717) is 5.58 Å². The highest BCUT2D eigenvalue weighted by atomic mass is 79.9. The molecule has 25 heavy (non-hydrogen) atoms. The number of hydrogen-bond acceptors (Lipinski definition) is 3. The molecule has 0 atom stereocenters. The molecule has 2 aromatic carbocycles. The number of rotatable bonds is 1. The van der Waals surface area contributed by atoms with Crippen molar-refractivity contribution in [3.63, 3.8) is 0 Å². The van der Waals surface area contributed by atoms with Gasteiger partial charge in [0, 0.05) is 32.4 Å². The lowest BCUT2D eigenvalue weighted by molar-refractivity contribution is 0.559. The smallest absolute Gasteiger partial charge is 0.336 e. The van der Waals surface area contributed by atoms with Crippen LogP contribution in [0.3, 0.4) is 0 Å². The molecule has 2 aromatic heterocycles. The van der Waals surface area contributed by atoms with Gasteiger partial charge in [-0.05, 0) is 67.6 Å². The van der Waals surface area contributed by atoms with Crippen LogP contribution in [0.2, 0.25) is 0 Å². The molecular weight excluding hydrogens is 380 g/mol. The van der Waals surface area contributed by atoms with Gasteiger partial charge in [0.05, 0.1) is 0 Å². The number of aryl methyl sites for hydroxylation is 3. The molecular formula is C21H15BrO3. The van der Waals surface area contributed by atoms with Crippen LogP contribution >= 0.6 is 15.9 Å². The maximum Gasteiger partial charge on any atom is 0.336 e. The number of furan rings is 1. The topological polar surface area (TPSA) is 43.4 Å². The van der Waals surface area contributed by atoms with Crippen LogP contribution in [0.15, 0.2) is 54.5 Å². The van der Waals surface area contributed by atoms with Crippen LogP contribution in [0.4, 0.5) is 0 Å². The second kappa shape index (κ2) is 5.33. The van der Waals surface area contributed by atoms with E-state index < -0.39 is 0 Å². The number of benzene rings is 2. The van der Waals surface area contributed by atoms with Crippen molar-refractivity contribution in [1.29, 1.82) is 0 Å². The van der Waals surface area contributed by atoms with E-state index in [1.54, 1.807) is 6.07 Å². The third-order valence-corrected chi connectivity index (χ3v) is 5.59. The van der Waals surface area contributed by atoms with Gasteiger partial charge in [-0.25, -0.2) is 4.79 Å². The van der Waals surface area contributed by atoms with E-state index in [2.05, 4.69) is 22.0 Å². The Hall–Kier alpha value is -2.33. The van der Waals surface area contributed by atoms with Gasteiger partial charge in [0.25, 0.3) is 0 Å². The first-order valence-electron chi connectivity index (χ1n) is 8.39. The maximum atomic E-state index is 12.1. The minimum atomic E-state index is -0.346. The Morgan fingerprint density at radius 2 is 1.72 bits per heavy atom. The summed E-state index contributed by atoms with van der Waals surface area (Å²) in [6.07, 6.45) is 3.29. The zero-order valence-corrected chi connectivity index (χ0v) is 15.3. The molecule has 0 amide bonds. The summed E-state index contributed by atoms with van der Waals surface area (Å²) in [5.41, 5.74) is 5.59. The standard InChI is InChI=1S/C21H15BrO3/c1-11-15-9-14(22)5-6-18(15)25-21(11)17-10-20(23)24-19-8-13-4-2-3-12(13)7-16(17)19/h5-10H,2-4H2,1H3. The van der Waals surface area contributed by atoms with Gasteiger partial charge >= 0.3 is 5.63 Å². The van der Waals surface area contributed by atoms with Crippen molar-refractivity contribution in [2.45, 2.75) is 26.2 Å². The molecule has 3 nitrogen and oxygen atoms in total. The third kappa shape index (κ3) is 2.28. The summed E-state index contributed by atoms with van der Waals surface area (Å²) in [6.45, 7) is 2.03. The van der Waals surface area contributed by atoms with Gasteiger partial charge in [0.15, 0.2) is 0 Å². The highest BCUT2D eigenvalue weighted by Gasteiger charge is 2.20. The first-order chi connectivity index (χ1) is 12.1. The molecule has 0 radical (unpaired) electrons. The van der Waals surface area contributed by atoms with Crippen molar-refractivity contribution in [3.05, 3.63) is 68.0 Å². The summed E-state index contributed by atoms with van der Waals surface area (Å²) in [5, 5.41) is 1.99. The summed E-state index contributed by atoms with van der Waals surface area (Å²) < 4.78 is 12.6. The molecule has 0 N–H and O–H groups in total. The molecule has 0 bridgehead atoms. The van der Waals surface area contributed by atoms with E-state index in [-0.39, 0.29) is 5.63 Å². The molecule has 4 heteroatoms. The molecule has 5 rings (SSSR count). The molecule has 2 heterocycles. The highest BCUT2D eigenvalue weighted by Crippen LogP contribution is 2.38. The lowest BCUT2D eigenvalue weighted by Crippen LogP contribution is -1.99. The fourth-order valence-corrected chi connectivity index (χ4v) is 4.23. The normalized spacial score (nSPS) is 13.7. The van der Waals surface area contributed by atoms with Crippen LogP contribution in [0.5, 0.6) is 0 Å². The summed E-state index contributed by atoms with van der Waals surface area (Å²) >= 11 is 3.51. The monoisotopic (exact) mass is 394 g/mol. The average Bonchev–Trinajstić information content (AvgIpc) is 3.17. The summed E-state index contributed by atoms with van der Waals surface area (Å²) in [4.78, 5) is 12.1. The zero-order chi connectivity index (χ0) is 17.1. The first kappa shape index (κ1) is 15.0. The zero-order valence-electron chi connectivity index (χ0n) is 13.7. The largest absolute Gasteiger partial charge is 0.456 e. The molecule has 124 valence electrons. The van der Waals surface area contributed by atoms with Crippen LogP contribution in [0, 0.1) is 6.92 Å². The second-order valence-electron chi connectivity index (χ2n) is 6.65. The van der Waals surface area contributed by atoms with E-state index in [1.165, 1.54) is 11.1 Å². The SMILES string of the molecule is Cc1c(-c2cc(=O)oc3cc4c(cc23)CCC4)oc2ccc(Br)cc12. The second-order valence-corrected chi connectivity index (χ2v) is 7.56. The number of halogens is 1. The average molecular weight is 395 g/mol. The Labute approximate surface area is 152 Å². The number of hydrogen-bond donors (Lipinski definition) is 0. The van der Waals surface area contributed by atoms with Gasteiger partial charge in [-0.1, -0.05) is 15.9 Å². The third-order valence-electron chi connectivity index (χ3n) is 5.10. The summed E-state index contributed by atoms with van der Waals surface area (Å²) in [7, 11) is 0. The lowest BCUT2D eigenvalue weighted by Gasteiger charge is -2.07. The van der Waals surface area contributed by atoms with E-state index in [1.807, 2.05) is 31.2 Å². The van der Waals surface area contributed by atoms with Crippen molar-refractivity contribution in [2.75, 3.05) is 0 Å². The van der Waals surface area contributed by atoms with Crippen LogP contribution in [-0.4, -0.2) is 0 Å². The Balaban J connectivity index is 1.86. The van der Waals surface area contributed by atoms with Crippen molar-refractivity contribution >= 4 is 37.9 Å². The first-order valence-corrected chi connectivity index (χ1v) is 9.18. The Morgan fingerprint density at radius 1 is 0.920 bits per heavy atom. The van der Waals surface area contributed by atoms with Crippen molar-refractivity contribution in [2.24, 2.45) is 0 Å². The van der Waals surface area contributed by atoms with E-state index in [9.17, 15) is 4.79 Å². The van der Waals surface area contributed by atoms with Gasteiger partial charge in [-0.2, -0.15) is 0 Å². The fourth-order valence-electron chi connectivity index (χ4n) is 3.87. The van der Waals surface area contributed by atoms with E-state index in [0.717, 1.165) is 57.0 Å². The predicted molar refractivity (Wildman–Crippen MR) is 102 cm³/mol. The Morgan fingerprint density at radius 3 is 2.56 bits per heavy atom. The molecule has 0 unspecified atom stereocenters. The molecule has 0 saturated carbocycles. The molecule has 0 fully saturated rings. The predicted octanol–water partition coefficient (Wildman–Crippen LogP) is 5.77. The van der Waals surface area contributed by atoms with Crippen molar-refractivity contribution in [1.82, 2.24) is 0 Å². The quantitative estimate of drug-likeness (QED) is 0.385. The Bertz CT molecular complexity index is 1210. The van der Waals surface area contributed by atoms with Crippen LogP contribution in [-0.2, 0) is 12.8 Å². The number of fused-ring (bicyclic) bond motifs is 3. The van der Waals surface area contributed by atoms with Gasteiger partial charge in [0.1, 0.15) is 16.9 Å². The highest BCUT2D eigenvalue weighted by molar-refractivity contribution is 9.10. The lowest BCUT2D eigenvalue weighted by atomic mass is 10.00. The molecule has 0 spiro atoms. The van der Waals surface area contributed by atoms with Gasteiger partial charge in [-0.3, -0.25) is 0 Å². The minimum absolute atomic E-state index is 0.346. The molecule has 4 aromatic rings. The minimum Gasteiger partial charge on any atom is -0.456 e. The van der Waals surface area contributed by atoms with E-state index in [4.69, 9.17) is 8.83 Å². The van der Waals surface area contributed by atoms with E-state index >= 15 is 0 Å². The maximum absolute atomic E-state index is 12.1. The molecule has 1 aliphatic rings. The van der Waals surface area contributed by atoms with Crippen LogP contribution in [0.1, 0.15) is 23.1 Å². The van der Waals surface area contributed by atoms with Gasteiger partial charge in [0.2, 0.25) is 0 Å². The van der Waals surface area contributed by atoms with Gasteiger partial charge in [-0.15, -0.1) is 0 Å². The fraction of sp³-hybridized carbons (Fsp3) is 0.190. The molecule has 0 saturated heterocycles. The summed E-state index contributed by atoms with van der Waals surface area (Å²) in [6, 6.07) is 11.7. The van der Waals surface area contributed by atoms with Crippen molar-refractivity contribution in [3.8, 4) is 11.3 Å².